The molecule has 4 nitrogen and oxygen atoms in total. The lowest BCUT2D eigenvalue weighted by Gasteiger charge is -2.19. The summed E-state index contributed by atoms with van der Waals surface area (Å²) in [5.41, 5.74) is -1.68. The van der Waals surface area contributed by atoms with Gasteiger partial charge in [0.2, 0.25) is 0 Å². The normalized spacial score (nSPS) is 13.8. The largest absolute Gasteiger partial charge is 0.478 e. The number of hydrogen-bond acceptors (Lipinski definition) is 2. The van der Waals surface area contributed by atoms with Gasteiger partial charge in [0.25, 0.3) is 0 Å². The highest BCUT2D eigenvalue weighted by Gasteiger charge is 2.41. The molecular weight excluding hydrogens is 342 g/mol. The fourth-order valence-corrected chi connectivity index (χ4v) is 1.96. The number of halogens is 6. The standard InChI is InChI=1S/C14H10F6N2O2/c1-7(13(15,16)17)22-6-10(14(18,19)20)21-11(22)8-2-4-9(5-3-8)12(23)24/h2-7H,1H3,(H,23,24). The molecule has 0 saturated heterocycles. The van der Waals surface area contributed by atoms with Gasteiger partial charge in [-0.2, -0.15) is 26.3 Å². The Hall–Kier alpha value is -2.52. The maximum atomic E-state index is 12.9. The number of aromatic nitrogens is 2. The number of carbonyl (C=O) groups is 1. The molecule has 0 aliphatic heterocycles. The highest BCUT2D eigenvalue weighted by molar-refractivity contribution is 5.88. The van der Waals surface area contributed by atoms with Gasteiger partial charge in [-0.1, -0.05) is 12.1 Å². The van der Waals surface area contributed by atoms with E-state index in [-0.39, 0.29) is 11.1 Å². The molecule has 0 radical (unpaired) electrons. The van der Waals surface area contributed by atoms with Crippen LogP contribution in [0.15, 0.2) is 30.5 Å². The van der Waals surface area contributed by atoms with Crippen molar-refractivity contribution in [2.45, 2.75) is 25.3 Å². The molecule has 2 rings (SSSR count). The zero-order chi connectivity index (χ0) is 18.3. The van der Waals surface area contributed by atoms with E-state index in [0.717, 1.165) is 24.3 Å². The van der Waals surface area contributed by atoms with Crippen LogP contribution >= 0.6 is 0 Å². The third-order valence-corrected chi connectivity index (χ3v) is 3.30. The van der Waals surface area contributed by atoms with Gasteiger partial charge in [0.1, 0.15) is 11.9 Å². The maximum absolute atomic E-state index is 12.9. The first-order chi connectivity index (χ1) is 10.9. The van der Waals surface area contributed by atoms with Gasteiger partial charge in [-0.05, 0) is 19.1 Å². The predicted molar refractivity (Wildman–Crippen MR) is 70.4 cm³/mol. The van der Waals surface area contributed by atoms with Crippen LogP contribution in [0.4, 0.5) is 26.3 Å². The molecule has 0 amide bonds. The second-order valence-electron chi connectivity index (χ2n) is 4.95. The fourth-order valence-electron chi connectivity index (χ4n) is 1.96. The minimum absolute atomic E-state index is 0.0633. The van der Waals surface area contributed by atoms with Crippen LogP contribution in [0.1, 0.15) is 29.0 Å². The van der Waals surface area contributed by atoms with E-state index < -0.39 is 35.9 Å². The summed E-state index contributed by atoms with van der Waals surface area (Å²) in [5, 5.41) is 8.79. The molecule has 1 atom stereocenters. The molecular formula is C14H10F6N2O2. The third kappa shape index (κ3) is 3.52. The fraction of sp³-hybridized carbons (Fsp3) is 0.286. The Kier molecular flexibility index (Phi) is 4.34. The molecule has 1 N–H and O–H groups in total. The number of rotatable bonds is 3. The summed E-state index contributed by atoms with van der Waals surface area (Å²) >= 11 is 0. The van der Waals surface area contributed by atoms with Crippen molar-refractivity contribution in [3.63, 3.8) is 0 Å². The molecule has 2 aromatic rings. The zero-order valence-electron chi connectivity index (χ0n) is 12.0. The second kappa shape index (κ2) is 5.84. The Morgan fingerprint density at radius 1 is 1.12 bits per heavy atom. The quantitative estimate of drug-likeness (QED) is 0.834. The van der Waals surface area contributed by atoms with Crippen LogP contribution in [-0.4, -0.2) is 26.8 Å². The average Bonchev–Trinajstić information content (AvgIpc) is 2.90. The number of carboxylic acids is 1. The summed E-state index contributed by atoms with van der Waals surface area (Å²) in [6.07, 6.45) is -9.40. The number of carboxylic acid groups (broad SMARTS) is 1. The topological polar surface area (TPSA) is 55.1 Å². The van der Waals surface area contributed by atoms with E-state index in [1.807, 2.05) is 0 Å². The Labute approximate surface area is 131 Å². The number of nitrogens with zero attached hydrogens (tertiary/aromatic N) is 2. The van der Waals surface area contributed by atoms with E-state index in [0.29, 0.717) is 17.7 Å². The molecule has 130 valence electrons. The van der Waals surface area contributed by atoms with Crippen molar-refractivity contribution >= 4 is 5.97 Å². The molecule has 1 aromatic heterocycles. The maximum Gasteiger partial charge on any atom is 0.434 e. The van der Waals surface area contributed by atoms with Crippen molar-refractivity contribution in [2.75, 3.05) is 0 Å². The highest BCUT2D eigenvalue weighted by atomic mass is 19.4. The number of benzene rings is 1. The molecule has 1 heterocycles. The molecule has 0 aliphatic carbocycles. The summed E-state index contributed by atoms with van der Waals surface area (Å²) in [4.78, 5) is 14.0. The van der Waals surface area contributed by atoms with Crippen LogP contribution in [-0.2, 0) is 6.18 Å². The minimum atomic E-state index is -4.91. The number of alkyl halides is 6. The Morgan fingerprint density at radius 3 is 2.08 bits per heavy atom. The lowest BCUT2D eigenvalue weighted by atomic mass is 10.1. The summed E-state index contributed by atoms with van der Waals surface area (Å²) < 4.78 is 77.4. The molecule has 0 saturated carbocycles. The first kappa shape index (κ1) is 17.8. The monoisotopic (exact) mass is 352 g/mol. The minimum Gasteiger partial charge on any atom is -0.478 e. The highest BCUT2D eigenvalue weighted by Crippen LogP contribution is 2.37. The number of aromatic carboxylic acids is 1. The Balaban J connectivity index is 2.58. The molecule has 0 aliphatic rings. The molecule has 1 unspecified atom stereocenters. The summed E-state index contributed by atoms with van der Waals surface area (Å²) in [6.45, 7) is 0.705. The van der Waals surface area contributed by atoms with Crippen molar-refractivity contribution in [3.05, 3.63) is 41.7 Å². The Bertz CT molecular complexity index is 746. The number of imidazole rings is 1. The molecule has 24 heavy (non-hydrogen) atoms. The zero-order valence-corrected chi connectivity index (χ0v) is 12.0. The SMILES string of the molecule is CC(n1cc(C(F)(F)F)nc1-c1ccc(C(=O)O)cc1)C(F)(F)F. The van der Waals surface area contributed by atoms with Crippen LogP contribution in [0.5, 0.6) is 0 Å². The predicted octanol–water partition coefficient (Wildman–Crippen LogP) is 4.39. The smallest absolute Gasteiger partial charge is 0.434 e. The lowest BCUT2D eigenvalue weighted by Crippen LogP contribution is -2.24. The van der Waals surface area contributed by atoms with Gasteiger partial charge in [-0.15, -0.1) is 0 Å². The van der Waals surface area contributed by atoms with Crippen molar-refractivity contribution in [3.8, 4) is 11.4 Å². The van der Waals surface area contributed by atoms with Crippen LogP contribution in [0.25, 0.3) is 11.4 Å². The van der Waals surface area contributed by atoms with Crippen molar-refractivity contribution in [1.82, 2.24) is 9.55 Å². The molecule has 0 fully saturated rings. The van der Waals surface area contributed by atoms with Crippen LogP contribution in [0.2, 0.25) is 0 Å². The first-order valence-corrected chi connectivity index (χ1v) is 6.47. The lowest BCUT2D eigenvalue weighted by molar-refractivity contribution is -0.163. The van der Waals surface area contributed by atoms with Gasteiger partial charge < -0.3 is 9.67 Å². The van der Waals surface area contributed by atoms with Crippen molar-refractivity contribution < 1.29 is 36.2 Å². The van der Waals surface area contributed by atoms with Crippen LogP contribution in [0.3, 0.4) is 0 Å². The van der Waals surface area contributed by atoms with E-state index in [1.165, 1.54) is 0 Å². The molecule has 1 aromatic carbocycles. The average molecular weight is 352 g/mol. The number of hydrogen-bond donors (Lipinski definition) is 1. The van der Waals surface area contributed by atoms with E-state index in [1.54, 1.807) is 0 Å². The van der Waals surface area contributed by atoms with Gasteiger partial charge in [0.15, 0.2) is 5.69 Å². The van der Waals surface area contributed by atoms with Gasteiger partial charge in [0.05, 0.1) is 5.56 Å². The Morgan fingerprint density at radius 2 is 1.67 bits per heavy atom. The van der Waals surface area contributed by atoms with Gasteiger partial charge in [-0.3, -0.25) is 0 Å². The van der Waals surface area contributed by atoms with Crippen LogP contribution < -0.4 is 0 Å². The van der Waals surface area contributed by atoms with Crippen molar-refractivity contribution in [1.29, 1.82) is 0 Å². The molecule has 10 heteroatoms. The van der Waals surface area contributed by atoms with E-state index in [2.05, 4.69) is 4.98 Å². The summed E-state index contributed by atoms with van der Waals surface area (Å²) in [6, 6.07) is 2.11. The first-order valence-electron chi connectivity index (χ1n) is 6.47. The van der Waals surface area contributed by atoms with Crippen molar-refractivity contribution in [2.24, 2.45) is 0 Å². The van der Waals surface area contributed by atoms with Gasteiger partial charge in [0, 0.05) is 11.8 Å². The summed E-state index contributed by atoms with van der Waals surface area (Å²) in [7, 11) is 0. The van der Waals surface area contributed by atoms with E-state index in [4.69, 9.17) is 5.11 Å². The van der Waals surface area contributed by atoms with E-state index >= 15 is 0 Å². The van der Waals surface area contributed by atoms with Gasteiger partial charge in [-0.25, -0.2) is 9.78 Å². The third-order valence-electron chi connectivity index (χ3n) is 3.30. The van der Waals surface area contributed by atoms with Crippen LogP contribution in [0, 0.1) is 0 Å². The van der Waals surface area contributed by atoms with Gasteiger partial charge >= 0.3 is 18.3 Å². The molecule has 0 bridgehead atoms. The second-order valence-corrected chi connectivity index (χ2v) is 4.95. The molecule has 0 spiro atoms. The van der Waals surface area contributed by atoms with E-state index in [9.17, 15) is 31.1 Å². The summed E-state index contributed by atoms with van der Waals surface area (Å²) in [5.74, 6) is -1.83.